The van der Waals surface area contributed by atoms with Crippen molar-refractivity contribution in [2.24, 2.45) is 11.7 Å². The first-order chi connectivity index (χ1) is 19.3. The molecule has 4 aromatic rings. The lowest BCUT2D eigenvalue weighted by Gasteiger charge is -2.29. The predicted molar refractivity (Wildman–Crippen MR) is 156 cm³/mol. The van der Waals surface area contributed by atoms with E-state index >= 15 is 0 Å². The fourth-order valence-electron chi connectivity index (χ4n) is 5.65. The Morgan fingerprint density at radius 2 is 1.62 bits per heavy atom. The van der Waals surface area contributed by atoms with Crippen molar-refractivity contribution in [1.29, 1.82) is 0 Å². The van der Waals surface area contributed by atoms with E-state index in [0.29, 0.717) is 5.56 Å². The van der Waals surface area contributed by atoms with Gasteiger partial charge in [-0.2, -0.15) is 0 Å². The van der Waals surface area contributed by atoms with Crippen LogP contribution in [-0.4, -0.2) is 34.6 Å². The number of Topliss-reactive ketones (excluding diaryl/α,β-unsaturated/α-hetero) is 1. The highest BCUT2D eigenvalue weighted by Gasteiger charge is 2.56. The molecular formula is C33H29FN2O3S. The zero-order chi connectivity index (χ0) is 28.4. The summed E-state index contributed by atoms with van der Waals surface area (Å²) in [6.07, 6.45) is 3.64. The monoisotopic (exact) mass is 552 g/mol. The molecule has 1 aromatic heterocycles. The van der Waals surface area contributed by atoms with Crippen molar-refractivity contribution >= 4 is 35.0 Å². The summed E-state index contributed by atoms with van der Waals surface area (Å²) in [5, 5.41) is 1.91. The van der Waals surface area contributed by atoms with Gasteiger partial charge in [-0.15, -0.1) is 11.3 Å². The van der Waals surface area contributed by atoms with Gasteiger partial charge in [-0.05, 0) is 60.2 Å². The van der Waals surface area contributed by atoms with Crippen LogP contribution in [0.2, 0.25) is 0 Å². The molecule has 1 aliphatic rings. The first-order valence-corrected chi connectivity index (χ1v) is 13.9. The molecule has 4 unspecified atom stereocenters. The summed E-state index contributed by atoms with van der Waals surface area (Å²) in [6, 6.07) is 22.1. The van der Waals surface area contributed by atoms with Gasteiger partial charge in [0.15, 0.2) is 5.78 Å². The van der Waals surface area contributed by atoms with Crippen molar-refractivity contribution in [1.82, 2.24) is 4.90 Å². The highest BCUT2D eigenvalue weighted by molar-refractivity contribution is 7.10. The molecule has 40 heavy (non-hydrogen) atoms. The number of benzene rings is 3. The number of thiophene rings is 1. The third-order valence-electron chi connectivity index (χ3n) is 7.52. The average molecular weight is 553 g/mol. The van der Waals surface area contributed by atoms with Gasteiger partial charge in [0.2, 0.25) is 5.91 Å². The van der Waals surface area contributed by atoms with Crippen molar-refractivity contribution in [3.63, 3.8) is 0 Å². The molecule has 4 atom stereocenters. The minimum atomic E-state index is -1.13. The number of ketones is 1. The molecule has 5 nitrogen and oxygen atoms in total. The van der Waals surface area contributed by atoms with Crippen molar-refractivity contribution in [2.45, 2.75) is 31.8 Å². The Hall–Kier alpha value is -4.36. The maximum Gasteiger partial charge on any atom is 0.255 e. The minimum absolute atomic E-state index is 0.0787. The van der Waals surface area contributed by atoms with E-state index in [0.717, 1.165) is 27.6 Å². The van der Waals surface area contributed by atoms with Gasteiger partial charge >= 0.3 is 0 Å². The lowest BCUT2D eigenvalue weighted by molar-refractivity contribution is -0.122. The molecule has 2 amide bonds. The Balaban J connectivity index is 1.75. The Kier molecular flexibility index (Phi) is 7.76. The number of primary amides is 1. The third-order valence-corrected chi connectivity index (χ3v) is 8.64. The number of carbonyl (C=O) groups excluding carboxylic acids is 3. The van der Waals surface area contributed by atoms with Crippen molar-refractivity contribution < 1.29 is 18.8 Å². The van der Waals surface area contributed by atoms with Gasteiger partial charge in [-0.3, -0.25) is 14.4 Å². The number of likely N-dealkylation sites (tertiary alicyclic amines) is 1. The van der Waals surface area contributed by atoms with E-state index in [4.69, 9.17) is 5.73 Å². The van der Waals surface area contributed by atoms with E-state index in [1.54, 1.807) is 18.2 Å². The Labute approximate surface area is 236 Å². The molecule has 2 heterocycles. The second-order valence-electron chi connectivity index (χ2n) is 10.0. The molecule has 5 rings (SSSR count). The smallest absolute Gasteiger partial charge is 0.255 e. The van der Waals surface area contributed by atoms with E-state index < -0.39 is 41.6 Å². The van der Waals surface area contributed by atoms with Gasteiger partial charge in [0.25, 0.3) is 5.91 Å². The summed E-state index contributed by atoms with van der Waals surface area (Å²) in [5.41, 5.74) is 9.22. The fourth-order valence-corrected chi connectivity index (χ4v) is 6.76. The number of hydrogen-bond acceptors (Lipinski definition) is 4. The second-order valence-corrected chi connectivity index (χ2v) is 11.0. The largest absolute Gasteiger partial charge is 0.368 e. The predicted octanol–water partition coefficient (Wildman–Crippen LogP) is 6.18. The van der Waals surface area contributed by atoms with Crippen molar-refractivity contribution in [3.8, 4) is 0 Å². The molecular weight excluding hydrogens is 523 g/mol. The Bertz CT molecular complexity index is 1600. The lowest BCUT2D eigenvalue weighted by Crippen LogP contribution is -2.48. The van der Waals surface area contributed by atoms with E-state index in [1.807, 2.05) is 73.8 Å². The van der Waals surface area contributed by atoms with E-state index in [9.17, 15) is 18.8 Å². The average Bonchev–Trinajstić information content (AvgIpc) is 3.52. The summed E-state index contributed by atoms with van der Waals surface area (Å²) < 4.78 is 14.2. The second kappa shape index (κ2) is 11.4. The van der Waals surface area contributed by atoms with Gasteiger partial charge < -0.3 is 10.6 Å². The topological polar surface area (TPSA) is 80.5 Å². The summed E-state index contributed by atoms with van der Waals surface area (Å²) in [4.78, 5) is 44.0. The zero-order valence-electron chi connectivity index (χ0n) is 22.2. The number of aryl methyl sites for hydroxylation is 2. The van der Waals surface area contributed by atoms with Crippen LogP contribution in [0.15, 0.2) is 96.4 Å². The Morgan fingerprint density at radius 1 is 0.900 bits per heavy atom. The molecule has 7 heteroatoms. The Morgan fingerprint density at radius 3 is 2.27 bits per heavy atom. The number of nitrogens with two attached hydrogens (primary N) is 1. The van der Waals surface area contributed by atoms with Crippen LogP contribution in [0.5, 0.6) is 0 Å². The van der Waals surface area contributed by atoms with E-state index in [1.165, 1.54) is 34.4 Å². The number of halogens is 1. The van der Waals surface area contributed by atoms with Gasteiger partial charge in [0, 0.05) is 21.9 Å². The van der Waals surface area contributed by atoms with Crippen LogP contribution in [0.4, 0.5) is 4.39 Å². The number of hydrogen-bond donors (Lipinski definition) is 1. The highest BCUT2D eigenvalue weighted by atomic mass is 32.1. The molecule has 1 aliphatic heterocycles. The number of carbonyl (C=O) groups is 3. The first-order valence-electron chi connectivity index (χ1n) is 13.0. The maximum atomic E-state index is 14.5. The molecule has 202 valence electrons. The van der Waals surface area contributed by atoms with Crippen LogP contribution in [-0.2, 0) is 4.79 Å². The van der Waals surface area contributed by atoms with Crippen LogP contribution in [0, 0.1) is 25.6 Å². The molecule has 1 saturated heterocycles. The quantitative estimate of drug-likeness (QED) is 0.278. The standard InChI is InChI=1S/C33H29FN2O3S/c1-20-9-6-7-14-25(20)30(37)27-26(16-15-22-10-4-3-5-11-22)36(33(39)23-12-8-13-24(34)19-23)29(32(35)38)28(27)31-21(2)17-18-40-31/h3-19,26-29H,1-2H3,(H2,35,38). The summed E-state index contributed by atoms with van der Waals surface area (Å²) >= 11 is 1.43. The molecule has 0 aliphatic carbocycles. The maximum absolute atomic E-state index is 14.5. The summed E-state index contributed by atoms with van der Waals surface area (Å²) in [5.74, 6) is -3.54. The van der Waals surface area contributed by atoms with Crippen molar-refractivity contribution in [2.75, 3.05) is 0 Å². The van der Waals surface area contributed by atoms with Gasteiger partial charge in [0.1, 0.15) is 11.9 Å². The number of amides is 2. The molecule has 0 bridgehead atoms. The summed E-state index contributed by atoms with van der Waals surface area (Å²) in [6.45, 7) is 3.79. The normalized spacial score (nSPS) is 20.6. The molecule has 0 spiro atoms. The van der Waals surface area contributed by atoms with Gasteiger partial charge in [-0.1, -0.05) is 72.8 Å². The van der Waals surface area contributed by atoms with E-state index in [-0.39, 0.29) is 11.3 Å². The summed E-state index contributed by atoms with van der Waals surface area (Å²) in [7, 11) is 0. The number of rotatable bonds is 7. The van der Waals surface area contributed by atoms with Crippen LogP contribution >= 0.6 is 11.3 Å². The SMILES string of the molecule is Cc1ccccc1C(=O)C1C(c2sccc2C)C(C(N)=O)N(C(=O)c2cccc(F)c2)C1C=Cc1ccccc1. The van der Waals surface area contributed by atoms with Crippen LogP contribution < -0.4 is 5.73 Å². The van der Waals surface area contributed by atoms with Gasteiger partial charge in [-0.25, -0.2) is 4.39 Å². The van der Waals surface area contributed by atoms with E-state index in [2.05, 4.69) is 0 Å². The lowest BCUT2D eigenvalue weighted by atomic mass is 9.78. The molecule has 0 saturated carbocycles. The van der Waals surface area contributed by atoms with Crippen LogP contribution in [0.3, 0.4) is 0 Å². The van der Waals surface area contributed by atoms with Gasteiger partial charge in [0.05, 0.1) is 12.0 Å². The molecule has 0 radical (unpaired) electrons. The number of nitrogens with zero attached hydrogens (tertiary/aromatic N) is 1. The first kappa shape index (κ1) is 27.2. The van der Waals surface area contributed by atoms with Crippen molar-refractivity contribution in [3.05, 3.63) is 135 Å². The third kappa shape index (κ3) is 5.12. The zero-order valence-corrected chi connectivity index (χ0v) is 23.0. The fraction of sp³-hybridized carbons (Fsp3) is 0.182. The minimum Gasteiger partial charge on any atom is -0.368 e. The van der Waals surface area contributed by atoms with Crippen LogP contribution in [0.1, 0.15) is 48.2 Å². The highest BCUT2D eigenvalue weighted by Crippen LogP contribution is 2.48. The molecule has 2 N–H and O–H groups in total. The molecule has 3 aromatic carbocycles. The van der Waals surface area contributed by atoms with Crippen LogP contribution in [0.25, 0.3) is 6.08 Å². The molecule has 1 fully saturated rings.